The van der Waals surface area contributed by atoms with Crippen LogP contribution in [-0.2, 0) is 9.53 Å². The Kier molecular flexibility index (Phi) is 3.57. The van der Waals surface area contributed by atoms with Gasteiger partial charge in [0.05, 0.1) is 18.7 Å². The first-order valence-electron chi connectivity index (χ1n) is 5.63. The molecule has 0 saturated carbocycles. The van der Waals surface area contributed by atoms with Crippen LogP contribution < -0.4 is 0 Å². The molecule has 2 heterocycles. The van der Waals surface area contributed by atoms with E-state index >= 15 is 0 Å². The van der Waals surface area contributed by atoms with E-state index in [1.807, 2.05) is 6.92 Å². The van der Waals surface area contributed by atoms with Gasteiger partial charge in [-0.05, 0) is 18.6 Å². The van der Waals surface area contributed by atoms with Crippen LogP contribution in [0.3, 0.4) is 0 Å². The van der Waals surface area contributed by atoms with Crippen molar-refractivity contribution in [1.82, 2.24) is 9.88 Å². The van der Waals surface area contributed by atoms with Crippen LogP contribution in [0, 0.1) is 6.92 Å². The van der Waals surface area contributed by atoms with Gasteiger partial charge in [-0.1, -0.05) is 0 Å². The normalized spacial score (nSPS) is 19.6. The van der Waals surface area contributed by atoms with Gasteiger partial charge in [-0.25, -0.2) is 4.79 Å². The highest BCUT2D eigenvalue weighted by Gasteiger charge is 2.29. The summed E-state index contributed by atoms with van der Waals surface area (Å²) in [5, 5.41) is 8.88. The van der Waals surface area contributed by atoms with Crippen molar-refractivity contribution < 1.29 is 19.4 Å². The lowest BCUT2D eigenvalue weighted by atomic mass is 10.2. The summed E-state index contributed by atoms with van der Waals surface area (Å²) in [6.07, 6.45) is 2.21. The number of aryl methyl sites for hydroxylation is 1. The van der Waals surface area contributed by atoms with Gasteiger partial charge in [-0.2, -0.15) is 0 Å². The molecule has 18 heavy (non-hydrogen) atoms. The van der Waals surface area contributed by atoms with Crippen LogP contribution in [0.2, 0.25) is 0 Å². The standard InChI is InChI=1S/C12H14N2O4/c1-8-4-9(6-13-5-8)11(15)14-2-3-18-10(7-14)12(16)17/h4-6,10H,2-3,7H2,1H3,(H,16,17). The van der Waals surface area contributed by atoms with Crippen molar-refractivity contribution in [3.05, 3.63) is 29.6 Å². The zero-order chi connectivity index (χ0) is 13.1. The van der Waals surface area contributed by atoms with Crippen LogP contribution >= 0.6 is 0 Å². The Morgan fingerprint density at radius 3 is 2.94 bits per heavy atom. The molecular formula is C12H14N2O4. The first-order valence-corrected chi connectivity index (χ1v) is 5.63. The molecule has 1 aliphatic rings. The van der Waals surface area contributed by atoms with Gasteiger partial charge in [-0.15, -0.1) is 0 Å². The number of carbonyl (C=O) groups is 2. The second kappa shape index (κ2) is 5.14. The van der Waals surface area contributed by atoms with Gasteiger partial charge in [-0.3, -0.25) is 9.78 Å². The summed E-state index contributed by atoms with van der Waals surface area (Å²) in [6, 6.07) is 1.74. The van der Waals surface area contributed by atoms with E-state index < -0.39 is 12.1 Å². The first-order chi connectivity index (χ1) is 8.58. The van der Waals surface area contributed by atoms with Crippen molar-refractivity contribution in [2.75, 3.05) is 19.7 Å². The predicted molar refractivity (Wildman–Crippen MR) is 62.3 cm³/mol. The van der Waals surface area contributed by atoms with Gasteiger partial charge in [0.25, 0.3) is 5.91 Å². The molecule has 6 heteroatoms. The summed E-state index contributed by atoms with van der Waals surface area (Å²) in [5.41, 5.74) is 1.37. The maximum absolute atomic E-state index is 12.2. The number of ether oxygens (including phenoxy) is 1. The summed E-state index contributed by atoms with van der Waals surface area (Å²) in [6.45, 7) is 2.56. The van der Waals surface area contributed by atoms with Crippen molar-refractivity contribution >= 4 is 11.9 Å². The van der Waals surface area contributed by atoms with Crippen molar-refractivity contribution in [3.63, 3.8) is 0 Å². The molecule has 1 aromatic heterocycles. The van der Waals surface area contributed by atoms with Crippen molar-refractivity contribution in [1.29, 1.82) is 0 Å². The molecule has 1 saturated heterocycles. The van der Waals surface area contributed by atoms with Gasteiger partial charge >= 0.3 is 5.97 Å². The molecule has 1 fully saturated rings. The second-order valence-corrected chi connectivity index (χ2v) is 4.20. The molecular weight excluding hydrogens is 236 g/mol. The number of pyridine rings is 1. The van der Waals surface area contributed by atoms with Gasteiger partial charge in [0, 0.05) is 18.9 Å². The van der Waals surface area contributed by atoms with Gasteiger partial charge in [0.1, 0.15) is 0 Å². The van der Waals surface area contributed by atoms with Crippen LogP contribution in [0.4, 0.5) is 0 Å². The first kappa shape index (κ1) is 12.5. The Balaban J connectivity index is 2.11. The smallest absolute Gasteiger partial charge is 0.334 e. The Hall–Kier alpha value is -1.95. The lowest BCUT2D eigenvalue weighted by molar-refractivity contribution is -0.154. The van der Waals surface area contributed by atoms with Crippen molar-refractivity contribution in [3.8, 4) is 0 Å². The van der Waals surface area contributed by atoms with Crippen molar-refractivity contribution in [2.24, 2.45) is 0 Å². The second-order valence-electron chi connectivity index (χ2n) is 4.20. The SMILES string of the molecule is Cc1cncc(C(=O)N2CCOC(C(=O)O)C2)c1. The number of morpholine rings is 1. The molecule has 1 N–H and O–H groups in total. The fraction of sp³-hybridized carbons (Fsp3) is 0.417. The molecule has 1 aliphatic heterocycles. The minimum Gasteiger partial charge on any atom is -0.479 e. The molecule has 0 aromatic carbocycles. The summed E-state index contributed by atoms with van der Waals surface area (Å²) < 4.78 is 5.07. The fourth-order valence-corrected chi connectivity index (χ4v) is 1.84. The van der Waals surface area contributed by atoms with E-state index in [0.29, 0.717) is 12.1 Å². The minimum atomic E-state index is -1.05. The van der Waals surface area contributed by atoms with E-state index in [9.17, 15) is 9.59 Å². The van der Waals surface area contributed by atoms with Gasteiger partial charge < -0.3 is 14.7 Å². The average Bonchev–Trinajstić information content (AvgIpc) is 2.38. The van der Waals surface area contributed by atoms with E-state index in [4.69, 9.17) is 9.84 Å². The minimum absolute atomic E-state index is 0.0715. The van der Waals surface area contributed by atoms with E-state index in [1.165, 1.54) is 11.1 Å². The zero-order valence-corrected chi connectivity index (χ0v) is 10.00. The third-order valence-electron chi connectivity index (χ3n) is 2.75. The average molecular weight is 250 g/mol. The number of nitrogens with zero attached hydrogens (tertiary/aromatic N) is 2. The van der Waals surface area contributed by atoms with Crippen LogP contribution in [-0.4, -0.2) is 52.7 Å². The van der Waals surface area contributed by atoms with Gasteiger partial charge in [0.2, 0.25) is 0 Å². The molecule has 2 rings (SSSR count). The zero-order valence-electron chi connectivity index (χ0n) is 10.00. The highest BCUT2D eigenvalue weighted by Crippen LogP contribution is 2.11. The van der Waals surface area contributed by atoms with Crippen LogP contribution in [0.15, 0.2) is 18.5 Å². The third kappa shape index (κ3) is 2.65. The lowest BCUT2D eigenvalue weighted by Crippen LogP contribution is -2.48. The number of carboxylic acids is 1. The Morgan fingerprint density at radius 2 is 2.28 bits per heavy atom. The van der Waals surface area contributed by atoms with Crippen molar-refractivity contribution in [2.45, 2.75) is 13.0 Å². The molecule has 1 unspecified atom stereocenters. The van der Waals surface area contributed by atoms with Crippen LogP contribution in [0.1, 0.15) is 15.9 Å². The number of hydrogen-bond acceptors (Lipinski definition) is 4. The number of rotatable bonds is 2. The summed E-state index contributed by atoms with van der Waals surface area (Å²) in [4.78, 5) is 28.4. The highest BCUT2D eigenvalue weighted by molar-refractivity contribution is 5.94. The molecule has 0 spiro atoms. The number of carbonyl (C=O) groups excluding carboxylic acids is 1. The van der Waals surface area contributed by atoms with Gasteiger partial charge in [0.15, 0.2) is 6.10 Å². The quantitative estimate of drug-likeness (QED) is 0.817. The van der Waals surface area contributed by atoms with E-state index in [-0.39, 0.29) is 19.1 Å². The maximum atomic E-state index is 12.2. The number of aromatic nitrogens is 1. The Labute approximate surface area is 104 Å². The van der Waals surface area contributed by atoms with E-state index in [2.05, 4.69) is 4.98 Å². The monoisotopic (exact) mass is 250 g/mol. The van der Waals surface area contributed by atoms with Crippen LogP contribution in [0.25, 0.3) is 0 Å². The number of aliphatic carboxylic acids is 1. The Morgan fingerprint density at radius 1 is 1.50 bits per heavy atom. The summed E-state index contributed by atoms with van der Waals surface area (Å²) in [5.74, 6) is -1.25. The number of hydrogen-bond donors (Lipinski definition) is 1. The molecule has 96 valence electrons. The molecule has 0 radical (unpaired) electrons. The lowest BCUT2D eigenvalue weighted by Gasteiger charge is -2.30. The maximum Gasteiger partial charge on any atom is 0.334 e. The van der Waals surface area contributed by atoms with E-state index in [0.717, 1.165) is 5.56 Å². The molecule has 0 aliphatic carbocycles. The summed E-state index contributed by atoms with van der Waals surface area (Å²) in [7, 11) is 0. The molecule has 1 aromatic rings. The largest absolute Gasteiger partial charge is 0.479 e. The van der Waals surface area contributed by atoms with E-state index in [1.54, 1.807) is 12.3 Å². The van der Waals surface area contributed by atoms with Crippen LogP contribution in [0.5, 0.6) is 0 Å². The third-order valence-corrected chi connectivity index (χ3v) is 2.75. The summed E-state index contributed by atoms with van der Waals surface area (Å²) >= 11 is 0. The predicted octanol–water partition coefficient (Wildman–Crippen LogP) is 0.316. The number of carboxylic acid groups (broad SMARTS) is 1. The molecule has 1 atom stereocenters. The highest BCUT2D eigenvalue weighted by atomic mass is 16.5. The topological polar surface area (TPSA) is 79.7 Å². The molecule has 1 amide bonds. The fourth-order valence-electron chi connectivity index (χ4n) is 1.84. The molecule has 6 nitrogen and oxygen atoms in total. The number of amides is 1. The molecule has 0 bridgehead atoms. The Bertz CT molecular complexity index is 475.